The van der Waals surface area contributed by atoms with Crippen molar-refractivity contribution in [1.29, 1.82) is 0 Å². The molecule has 1 N–H and O–H groups in total. The van der Waals surface area contributed by atoms with Gasteiger partial charge < -0.3 is 19.0 Å². The molecule has 6 heteroatoms. The number of nitrogens with zero attached hydrogens (tertiary/aromatic N) is 1. The minimum absolute atomic E-state index is 0.297. The normalized spacial score (nSPS) is 11.7. The Balaban J connectivity index is 1.72. The molecule has 0 spiro atoms. The fourth-order valence-corrected chi connectivity index (χ4v) is 3.35. The molecule has 2 aromatic heterocycles. The largest absolute Gasteiger partial charge is 0.496 e. The summed E-state index contributed by atoms with van der Waals surface area (Å²) in [6, 6.07) is 13.8. The molecule has 0 saturated carbocycles. The first kappa shape index (κ1) is 19.5. The van der Waals surface area contributed by atoms with Crippen LogP contribution in [0.25, 0.3) is 27.7 Å². The van der Waals surface area contributed by atoms with Crippen LogP contribution in [0, 0.1) is 13.8 Å². The third-order valence-corrected chi connectivity index (χ3v) is 4.91. The Morgan fingerprint density at radius 1 is 1.13 bits per heavy atom. The Morgan fingerprint density at radius 3 is 2.57 bits per heavy atom. The van der Waals surface area contributed by atoms with Crippen molar-refractivity contribution in [1.82, 2.24) is 5.16 Å². The standard InChI is InChI=1S/C24H22N2O4/c1-14-5-7-17(8-6-14)20-13-29-22-12-21(28-4)18(11-19(20)22)15(2)9-24(27)25-23-10-16(3)30-26-23/h5-13H,1-4H3,(H,25,26,27)/b15-9+. The lowest BCUT2D eigenvalue weighted by atomic mass is 9.99. The number of anilines is 1. The highest BCUT2D eigenvalue weighted by molar-refractivity contribution is 6.05. The molecule has 2 aromatic carbocycles. The summed E-state index contributed by atoms with van der Waals surface area (Å²) in [6.07, 6.45) is 3.26. The number of hydrogen-bond donors (Lipinski definition) is 1. The number of methoxy groups -OCH3 is 1. The Morgan fingerprint density at radius 2 is 1.90 bits per heavy atom. The van der Waals surface area contributed by atoms with Crippen molar-refractivity contribution in [2.75, 3.05) is 12.4 Å². The fraction of sp³-hybridized carbons (Fsp3) is 0.167. The van der Waals surface area contributed by atoms with Gasteiger partial charge in [-0.1, -0.05) is 35.0 Å². The lowest BCUT2D eigenvalue weighted by Crippen LogP contribution is -2.08. The molecule has 6 nitrogen and oxygen atoms in total. The van der Waals surface area contributed by atoms with Crippen LogP contribution in [0.1, 0.15) is 23.8 Å². The van der Waals surface area contributed by atoms with Crippen LogP contribution in [0.5, 0.6) is 5.75 Å². The van der Waals surface area contributed by atoms with Gasteiger partial charge in [-0.2, -0.15) is 0 Å². The van der Waals surface area contributed by atoms with E-state index in [4.69, 9.17) is 13.7 Å². The topological polar surface area (TPSA) is 77.5 Å². The van der Waals surface area contributed by atoms with Gasteiger partial charge in [0.25, 0.3) is 0 Å². The molecule has 0 saturated heterocycles. The van der Waals surface area contributed by atoms with E-state index in [-0.39, 0.29) is 5.91 Å². The lowest BCUT2D eigenvalue weighted by molar-refractivity contribution is -0.111. The second-order valence-electron chi connectivity index (χ2n) is 7.20. The van der Waals surface area contributed by atoms with Gasteiger partial charge >= 0.3 is 0 Å². The van der Waals surface area contributed by atoms with E-state index in [1.165, 1.54) is 11.6 Å². The zero-order chi connectivity index (χ0) is 21.3. The number of carbonyl (C=O) groups is 1. The number of aromatic nitrogens is 1. The van der Waals surface area contributed by atoms with Gasteiger partial charge in [0.05, 0.1) is 13.4 Å². The molecule has 0 bridgehead atoms. The highest BCUT2D eigenvalue weighted by atomic mass is 16.5. The van der Waals surface area contributed by atoms with Crippen LogP contribution in [0.3, 0.4) is 0 Å². The molecule has 0 aliphatic rings. The van der Waals surface area contributed by atoms with Crippen molar-refractivity contribution >= 4 is 28.3 Å². The Hall–Kier alpha value is -3.80. The van der Waals surface area contributed by atoms with Crippen molar-refractivity contribution in [3.63, 3.8) is 0 Å². The molecule has 0 aliphatic heterocycles. The molecule has 0 unspecified atom stereocenters. The van der Waals surface area contributed by atoms with Crippen LogP contribution in [-0.4, -0.2) is 18.2 Å². The monoisotopic (exact) mass is 402 g/mol. The fourth-order valence-electron chi connectivity index (χ4n) is 3.35. The number of aryl methyl sites for hydroxylation is 2. The minimum atomic E-state index is -0.297. The molecule has 30 heavy (non-hydrogen) atoms. The van der Waals surface area contributed by atoms with Crippen molar-refractivity contribution in [2.45, 2.75) is 20.8 Å². The molecule has 0 aliphatic carbocycles. The first-order valence-corrected chi connectivity index (χ1v) is 9.54. The maximum absolute atomic E-state index is 12.4. The Kier molecular flexibility index (Phi) is 5.14. The highest BCUT2D eigenvalue weighted by Gasteiger charge is 2.15. The second-order valence-corrected chi connectivity index (χ2v) is 7.20. The van der Waals surface area contributed by atoms with E-state index >= 15 is 0 Å². The van der Waals surface area contributed by atoms with Crippen LogP contribution in [0.4, 0.5) is 5.82 Å². The van der Waals surface area contributed by atoms with E-state index in [0.29, 0.717) is 17.3 Å². The van der Waals surface area contributed by atoms with Gasteiger partial charge in [-0.25, -0.2) is 0 Å². The summed E-state index contributed by atoms with van der Waals surface area (Å²) in [5.74, 6) is 1.34. The van der Waals surface area contributed by atoms with Crippen LogP contribution in [0.2, 0.25) is 0 Å². The van der Waals surface area contributed by atoms with Gasteiger partial charge in [0, 0.05) is 34.7 Å². The van der Waals surface area contributed by atoms with Gasteiger partial charge in [0.15, 0.2) is 5.82 Å². The second kappa shape index (κ2) is 7.91. The van der Waals surface area contributed by atoms with E-state index in [2.05, 4.69) is 41.7 Å². The number of furan rings is 1. The van der Waals surface area contributed by atoms with Crippen molar-refractivity contribution < 1.29 is 18.5 Å². The maximum Gasteiger partial charge on any atom is 0.249 e. The number of benzene rings is 2. The van der Waals surface area contributed by atoms with Crippen LogP contribution >= 0.6 is 0 Å². The van der Waals surface area contributed by atoms with Gasteiger partial charge in [0.1, 0.15) is 17.1 Å². The molecule has 0 fully saturated rings. The summed E-state index contributed by atoms with van der Waals surface area (Å²) < 4.78 is 16.3. The predicted octanol–water partition coefficient (Wildman–Crippen LogP) is 5.76. The molecule has 0 atom stereocenters. The third kappa shape index (κ3) is 3.85. The summed E-state index contributed by atoms with van der Waals surface area (Å²) in [7, 11) is 1.60. The van der Waals surface area contributed by atoms with E-state index in [9.17, 15) is 4.79 Å². The molecule has 0 radical (unpaired) electrons. The summed E-state index contributed by atoms with van der Waals surface area (Å²) in [5, 5.41) is 7.43. The summed E-state index contributed by atoms with van der Waals surface area (Å²) in [5.41, 5.74) is 5.54. The number of fused-ring (bicyclic) bond motifs is 1. The third-order valence-electron chi connectivity index (χ3n) is 4.91. The number of allylic oxidation sites excluding steroid dienone is 1. The molecule has 4 rings (SSSR count). The van der Waals surface area contributed by atoms with E-state index < -0.39 is 0 Å². The van der Waals surface area contributed by atoms with Crippen LogP contribution in [0.15, 0.2) is 63.7 Å². The van der Waals surface area contributed by atoms with Crippen molar-refractivity contribution in [3.05, 3.63) is 71.7 Å². The average Bonchev–Trinajstić information content (AvgIpc) is 3.32. The maximum atomic E-state index is 12.4. The summed E-state index contributed by atoms with van der Waals surface area (Å²) in [4.78, 5) is 12.4. The minimum Gasteiger partial charge on any atom is -0.496 e. The molecular weight excluding hydrogens is 380 g/mol. The zero-order valence-corrected chi connectivity index (χ0v) is 17.3. The number of amides is 1. The zero-order valence-electron chi connectivity index (χ0n) is 17.3. The van der Waals surface area contributed by atoms with Crippen LogP contribution < -0.4 is 10.1 Å². The number of rotatable bonds is 5. The predicted molar refractivity (Wildman–Crippen MR) is 116 cm³/mol. The highest BCUT2D eigenvalue weighted by Crippen LogP contribution is 2.37. The van der Waals surface area contributed by atoms with Crippen molar-refractivity contribution in [3.8, 4) is 16.9 Å². The number of nitrogens with one attached hydrogen (secondary N) is 1. The molecule has 1 amide bonds. The smallest absolute Gasteiger partial charge is 0.249 e. The molecule has 2 heterocycles. The molecule has 4 aromatic rings. The van der Waals surface area contributed by atoms with Gasteiger partial charge in [-0.3, -0.25) is 4.79 Å². The van der Waals surface area contributed by atoms with Gasteiger partial charge in [0.2, 0.25) is 5.91 Å². The Bertz CT molecular complexity index is 1250. The van der Waals surface area contributed by atoms with E-state index in [1.54, 1.807) is 26.4 Å². The van der Waals surface area contributed by atoms with E-state index in [1.807, 2.05) is 19.1 Å². The van der Waals surface area contributed by atoms with Crippen LogP contribution in [-0.2, 0) is 4.79 Å². The first-order chi connectivity index (χ1) is 14.4. The lowest BCUT2D eigenvalue weighted by Gasteiger charge is -2.10. The first-order valence-electron chi connectivity index (χ1n) is 9.54. The van der Waals surface area contributed by atoms with Gasteiger partial charge in [-0.15, -0.1) is 0 Å². The number of ether oxygens (including phenoxy) is 1. The SMILES string of the molecule is COc1cc2occ(-c3ccc(C)cc3)c2cc1/C(C)=C/C(=O)Nc1cc(C)on1. The van der Waals surface area contributed by atoms with E-state index in [0.717, 1.165) is 33.2 Å². The van der Waals surface area contributed by atoms with Gasteiger partial charge in [-0.05, 0) is 38.0 Å². The summed E-state index contributed by atoms with van der Waals surface area (Å²) >= 11 is 0. The molecule has 152 valence electrons. The van der Waals surface area contributed by atoms with Crippen molar-refractivity contribution in [2.24, 2.45) is 0 Å². The molecular formula is C24H22N2O4. The quantitative estimate of drug-likeness (QED) is 0.430. The average molecular weight is 402 g/mol. The summed E-state index contributed by atoms with van der Waals surface area (Å²) in [6.45, 7) is 5.68. The Labute approximate surface area is 174 Å². The number of carbonyl (C=O) groups excluding carboxylic acids is 1. The number of hydrogen-bond acceptors (Lipinski definition) is 5.